The van der Waals surface area contributed by atoms with Gasteiger partial charge in [-0.25, -0.2) is 9.59 Å². The molecule has 0 heterocycles. The number of amides is 2. The number of nitrogens with zero attached hydrogens (tertiary/aromatic N) is 1. The van der Waals surface area contributed by atoms with E-state index in [2.05, 4.69) is 5.32 Å². The van der Waals surface area contributed by atoms with Gasteiger partial charge in [-0.05, 0) is 85.8 Å². The van der Waals surface area contributed by atoms with Gasteiger partial charge in [-0.15, -0.1) is 0 Å². The quantitative estimate of drug-likeness (QED) is 0.112. The van der Waals surface area contributed by atoms with E-state index in [9.17, 15) is 37.1 Å². The number of ether oxygens (including phenoxy) is 3. The summed E-state index contributed by atoms with van der Waals surface area (Å²) in [6.45, 7) is 2.80. The minimum absolute atomic E-state index is 0.00626. The molecule has 0 radical (unpaired) electrons. The third-order valence-electron chi connectivity index (χ3n) is 7.51. The lowest BCUT2D eigenvalue weighted by molar-refractivity contribution is -0.151. The lowest BCUT2D eigenvalue weighted by Crippen LogP contribution is -2.25. The molecule has 4 aromatic carbocycles. The Bertz CT molecular complexity index is 1920. The molecule has 0 aliphatic heterocycles. The molecule has 13 heteroatoms. The molecule has 4 aromatic rings. The van der Waals surface area contributed by atoms with Crippen LogP contribution in [0.15, 0.2) is 91.0 Å². The molecule has 272 valence electrons. The first-order valence-electron chi connectivity index (χ1n) is 16.2. The third-order valence-corrected chi connectivity index (χ3v) is 7.51. The molecule has 1 N–H and O–H groups in total. The first kappa shape index (κ1) is 38.8. The second-order valence-electron chi connectivity index (χ2n) is 12.1. The Morgan fingerprint density at radius 1 is 0.827 bits per heavy atom. The van der Waals surface area contributed by atoms with Crippen LogP contribution >= 0.6 is 0 Å². The Labute approximate surface area is 298 Å². The van der Waals surface area contributed by atoms with Crippen LogP contribution < -0.4 is 10.1 Å². The van der Waals surface area contributed by atoms with Crippen molar-refractivity contribution in [3.05, 3.63) is 119 Å². The monoisotopic (exact) mass is 718 g/mol. The van der Waals surface area contributed by atoms with E-state index in [1.165, 1.54) is 67.5 Å². The molecule has 52 heavy (non-hydrogen) atoms. The highest BCUT2D eigenvalue weighted by molar-refractivity contribution is 6.12. The predicted molar refractivity (Wildman–Crippen MR) is 186 cm³/mol. The molecule has 0 spiro atoms. The van der Waals surface area contributed by atoms with E-state index >= 15 is 0 Å². The second kappa shape index (κ2) is 17.3. The molecule has 0 aromatic heterocycles. The fraction of sp³-hybridized carbons (Fsp3) is 0.256. The van der Waals surface area contributed by atoms with Gasteiger partial charge in [0, 0.05) is 20.5 Å². The molecule has 2 amide bonds. The molecular formula is C39H37F3N2O8. The number of halogens is 3. The fourth-order valence-corrected chi connectivity index (χ4v) is 5.13. The van der Waals surface area contributed by atoms with Crippen LogP contribution in [0, 0.1) is 0 Å². The van der Waals surface area contributed by atoms with Gasteiger partial charge >= 0.3 is 24.1 Å². The summed E-state index contributed by atoms with van der Waals surface area (Å²) >= 11 is 0. The van der Waals surface area contributed by atoms with Crippen molar-refractivity contribution in [1.29, 1.82) is 0 Å². The summed E-state index contributed by atoms with van der Waals surface area (Å²) in [5.41, 5.74) is -0.351. The van der Waals surface area contributed by atoms with E-state index in [1.54, 1.807) is 50.2 Å². The molecule has 4 rings (SSSR count). The number of hydrogen-bond donors (Lipinski definition) is 1. The van der Waals surface area contributed by atoms with Crippen molar-refractivity contribution >= 4 is 35.4 Å². The number of benzene rings is 4. The van der Waals surface area contributed by atoms with Crippen LogP contribution in [-0.2, 0) is 31.7 Å². The highest BCUT2D eigenvalue weighted by Crippen LogP contribution is 2.37. The van der Waals surface area contributed by atoms with E-state index < -0.39 is 53.6 Å². The van der Waals surface area contributed by atoms with Crippen LogP contribution in [0.1, 0.15) is 68.9 Å². The molecule has 10 nitrogen and oxygen atoms in total. The summed E-state index contributed by atoms with van der Waals surface area (Å²) in [5.74, 6) is -3.33. The Kier molecular flexibility index (Phi) is 12.9. The Balaban J connectivity index is 1.42. The molecule has 0 unspecified atom stereocenters. The first-order valence-corrected chi connectivity index (χ1v) is 16.2. The zero-order chi connectivity index (χ0) is 38.0. The van der Waals surface area contributed by atoms with E-state index in [0.717, 1.165) is 6.07 Å². The van der Waals surface area contributed by atoms with Gasteiger partial charge in [0.15, 0.2) is 6.61 Å². The number of carbonyl (C=O) groups excluding carboxylic acids is 5. The van der Waals surface area contributed by atoms with E-state index in [0.29, 0.717) is 24.0 Å². The normalized spacial score (nSPS) is 11.1. The summed E-state index contributed by atoms with van der Waals surface area (Å²) in [4.78, 5) is 64.4. The van der Waals surface area contributed by atoms with E-state index in [4.69, 9.17) is 14.2 Å². The zero-order valence-corrected chi connectivity index (χ0v) is 28.9. The largest absolute Gasteiger partial charge is 0.460 e. The maximum Gasteiger partial charge on any atom is 0.417 e. The molecule has 0 atom stereocenters. The van der Waals surface area contributed by atoms with Gasteiger partial charge in [0.1, 0.15) is 5.75 Å². The Morgan fingerprint density at radius 3 is 2.15 bits per heavy atom. The van der Waals surface area contributed by atoms with Crippen molar-refractivity contribution in [3.63, 3.8) is 0 Å². The van der Waals surface area contributed by atoms with Crippen molar-refractivity contribution in [3.8, 4) is 16.9 Å². The van der Waals surface area contributed by atoms with Gasteiger partial charge in [0.25, 0.3) is 11.8 Å². The van der Waals surface area contributed by atoms with Crippen molar-refractivity contribution in [2.75, 3.05) is 26.0 Å². The topological polar surface area (TPSA) is 128 Å². The molecule has 0 fully saturated rings. The van der Waals surface area contributed by atoms with Crippen molar-refractivity contribution in [2.24, 2.45) is 0 Å². The second-order valence-corrected chi connectivity index (χ2v) is 12.1. The standard InChI is InChI=1S/C39H37F3N2O8/c1-24(2)51-34(46)23-50-38(49)27-17-19-28(20-18-27)52-33(45)15-8-10-25-16-21-32(30(22-25)37(48)44(3)4)43-36(47)35-29(26-11-6-5-7-12-26)13-9-14-31(35)39(40,41)42/h5-7,9,11-14,16-22,24H,8,10,15,23H2,1-4H3,(H,43,47). The number of alkyl halides is 3. The number of rotatable bonds is 13. The lowest BCUT2D eigenvalue weighted by Gasteiger charge is -2.19. The van der Waals surface area contributed by atoms with Crippen LogP contribution in [-0.4, -0.2) is 61.4 Å². The fourth-order valence-electron chi connectivity index (χ4n) is 5.13. The third kappa shape index (κ3) is 10.5. The average Bonchev–Trinajstić information content (AvgIpc) is 3.10. The minimum atomic E-state index is -4.83. The number of anilines is 1. The summed E-state index contributed by atoms with van der Waals surface area (Å²) in [6, 6.07) is 21.9. The van der Waals surface area contributed by atoms with Gasteiger partial charge in [-0.1, -0.05) is 48.5 Å². The summed E-state index contributed by atoms with van der Waals surface area (Å²) in [7, 11) is 3.00. The highest BCUT2D eigenvalue weighted by Gasteiger charge is 2.37. The maximum atomic E-state index is 14.1. The predicted octanol–water partition coefficient (Wildman–Crippen LogP) is 7.36. The minimum Gasteiger partial charge on any atom is -0.460 e. The molecule has 0 saturated heterocycles. The smallest absolute Gasteiger partial charge is 0.417 e. The summed E-state index contributed by atoms with van der Waals surface area (Å²) in [5, 5.41) is 2.53. The number of esters is 3. The molecule has 0 aliphatic carbocycles. The zero-order valence-electron chi connectivity index (χ0n) is 28.9. The average molecular weight is 719 g/mol. The first-order chi connectivity index (χ1) is 24.6. The highest BCUT2D eigenvalue weighted by atomic mass is 19.4. The van der Waals surface area contributed by atoms with Crippen molar-refractivity contribution in [2.45, 2.75) is 45.4 Å². The van der Waals surface area contributed by atoms with Crippen LogP contribution in [0.3, 0.4) is 0 Å². The van der Waals surface area contributed by atoms with Gasteiger partial charge in [0.2, 0.25) is 0 Å². The lowest BCUT2D eigenvalue weighted by atomic mass is 9.94. The Hall–Kier alpha value is -5.98. The number of hydrogen-bond acceptors (Lipinski definition) is 8. The molecule has 0 saturated carbocycles. The molecule has 0 bridgehead atoms. The summed E-state index contributed by atoms with van der Waals surface area (Å²) in [6.07, 6.45) is -4.53. The van der Waals surface area contributed by atoms with Crippen molar-refractivity contribution in [1.82, 2.24) is 4.90 Å². The molecular weight excluding hydrogens is 681 g/mol. The van der Waals surface area contributed by atoms with Crippen LogP contribution in [0.2, 0.25) is 0 Å². The van der Waals surface area contributed by atoms with Gasteiger partial charge < -0.3 is 24.4 Å². The van der Waals surface area contributed by atoms with Crippen LogP contribution in [0.5, 0.6) is 5.75 Å². The van der Waals surface area contributed by atoms with E-state index in [1.807, 2.05) is 0 Å². The maximum absolute atomic E-state index is 14.1. The number of aryl methyl sites for hydroxylation is 1. The summed E-state index contributed by atoms with van der Waals surface area (Å²) < 4.78 is 57.6. The van der Waals surface area contributed by atoms with Gasteiger partial charge in [-0.3, -0.25) is 14.4 Å². The number of nitrogens with one attached hydrogen (secondary N) is 1. The molecule has 0 aliphatic rings. The SMILES string of the molecule is CC(C)OC(=O)COC(=O)c1ccc(OC(=O)CCCc2ccc(NC(=O)c3c(-c4ccccc4)cccc3C(F)(F)F)c(C(=O)N(C)C)c2)cc1. The van der Waals surface area contributed by atoms with Gasteiger partial charge in [-0.2, -0.15) is 13.2 Å². The number of carbonyl (C=O) groups is 5. The van der Waals surface area contributed by atoms with Crippen molar-refractivity contribution < 1.29 is 51.4 Å². The van der Waals surface area contributed by atoms with Crippen LogP contribution in [0.25, 0.3) is 11.1 Å². The van der Waals surface area contributed by atoms with E-state index in [-0.39, 0.29) is 40.7 Å². The Morgan fingerprint density at radius 2 is 1.52 bits per heavy atom. The van der Waals surface area contributed by atoms with Gasteiger partial charge in [0.05, 0.1) is 34.0 Å². The van der Waals surface area contributed by atoms with Crippen LogP contribution in [0.4, 0.5) is 18.9 Å².